The number of nitrogens with zero attached hydrogens (tertiary/aromatic N) is 5. The summed E-state index contributed by atoms with van der Waals surface area (Å²) in [6, 6.07) is 10.3. The first kappa shape index (κ1) is 29.4. The van der Waals surface area contributed by atoms with E-state index in [2.05, 4.69) is 48.1 Å². The highest BCUT2D eigenvalue weighted by Gasteiger charge is 2.31. The molecule has 7 nitrogen and oxygen atoms in total. The lowest BCUT2D eigenvalue weighted by atomic mass is 10.1. The maximum absolute atomic E-state index is 14.6. The van der Waals surface area contributed by atoms with E-state index in [0.717, 1.165) is 11.1 Å². The number of fused-ring (bicyclic) bond motifs is 1. The summed E-state index contributed by atoms with van der Waals surface area (Å²) in [5.41, 5.74) is 4.39. The number of aromatic nitrogens is 4. The molecule has 4 aromatic rings. The van der Waals surface area contributed by atoms with E-state index in [1.807, 2.05) is 28.9 Å². The molecule has 4 heterocycles. The SMILES string of the molecule is C=C(NCc1ccc(-c2cc3c(NC4=C(F)CN(C)CC4)cccc3n2CC(F)(F)F)nc1)c1cnn(C(C)(C)C)c1. The summed E-state index contributed by atoms with van der Waals surface area (Å²) in [7, 11) is 1.84. The van der Waals surface area contributed by atoms with Gasteiger partial charge in [0, 0.05) is 59.9 Å². The van der Waals surface area contributed by atoms with Crippen LogP contribution in [0.1, 0.15) is 38.3 Å². The smallest absolute Gasteiger partial charge is 0.381 e. The average Bonchev–Trinajstić information content (AvgIpc) is 3.55. The zero-order valence-electron chi connectivity index (χ0n) is 24.2. The van der Waals surface area contributed by atoms with Crippen molar-refractivity contribution in [2.75, 3.05) is 25.5 Å². The first-order valence-electron chi connectivity index (χ1n) is 13.7. The molecule has 0 atom stereocenters. The summed E-state index contributed by atoms with van der Waals surface area (Å²) in [5.74, 6) is -0.271. The monoisotopic (exact) mass is 581 g/mol. The molecule has 1 aliphatic rings. The molecule has 0 saturated heterocycles. The molecular formula is C31H35F4N7. The van der Waals surface area contributed by atoms with Gasteiger partial charge in [-0.05, 0) is 57.6 Å². The lowest BCUT2D eigenvalue weighted by molar-refractivity contribution is -0.139. The second kappa shape index (κ2) is 11.3. The fourth-order valence-corrected chi connectivity index (χ4v) is 4.93. The van der Waals surface area contributed by atoms with Crippen molar-refractivity contribution in [3.8, 4) is 11.4 Å². The fraction of sp³-hybridized carbons (Fsp3) is 0.355. The summed E-state index contributed by atoms with van der Waals surface area (Å²) >= 11 is 0. The van der Waals surface area contributed by atoms with Crippen LogP contribution in [0.2, 0.25) is 0 Å². The van der Waals surface area contributed by atoms with Crippen LogP contribution in [0, 0.1) is 0 Å². The molecule has 2 N–H and O–H groups in total. The first-order valence-corrected chi connectivity index (χ1v) is 13.7. The molecule has 0 unspecified atom stereocenters. The highest BCUT2D eigenvalue weighted by atomic mass is 19.4. The van der Waals surface area contributed by atoms with Crippen molar-refractivity contribution in [1.82, 2.24) is 29.5 Å². The van der Waals surface area contributed by atoms with Crippen molar-refractivity contribution in [2.24, 2.45) is 0 Å². The third-order valence-electron chi connectivity index (χ3n) is 7.26. The quantitative estimate of drug-likeness (QED) is 0.222. The molecule has 11 heteroatoms. The second-order valence-corrected chi connectivity index (χ2v) is 11.7. The lowest BCUT2D eigenvalue weighted by Crippen LogP contribution is -2.28. The zero-order chi connectivity index (χ0) is 30.2. The number of hydrogen-bond donors (Lipinski definition) is 2. The molecule has 222 valence electrons. The summed E-state index contributed by atoms with van der Waals surface area (Å²) in [4.78, 5) is 6.39. The Labute approximate surface area is 242 Å². The van der Waals surface area contributed by atoms with Gasteiger partial charge in [0.2, 0.25) is 0 Å². The van der Waals surface area contributed by atoms with Crippen LogP contribution in [-0.2, 0) is 18.6 Å². The van der Waals surface area contributed by atoms with E-state index >= 15 is 0 Å². The maximum Gasteiger partial charge on any atom is 0.406 e. The molecule has 3 aromatic heterocycles. The van der Waals surface area contributed by atoms with Crippen molar-refractivity contribution in [3.05, 3.63) is 84.2 Å². The van der Waals surface area contributed by atoms with E-state index in [0.29, 0.717) is 58.9 Å². The van der Waals surface area contributed by atoms with Gasteiger partial charge in [0.15, 0.2) is 0 Å². The molecule has 0 aliphatic carbocycles. The van der Waals surface area contributed by atoms with Gasteiger partial charge in [0.25, 0.3) is 0 Å². The minimum atomic E-state index is -4.45. The van der Waals surface area contributed by atoms with Crippen molar-refractivity contribution in [3.63, 3.8) is 0 Å². The zero-order valence-corrected chi connectivity index (χ0v) is 24.2. The van der Waals surface area contributed by atoms with Crippen molar-refractivity contribution in [1.29, 1.82) is 0 Å². The van der Waals surface area contributed by atoms with Gasteiger partial charge in [-0.2, -0.15) is 18.3 Å². The Hall–Kier alpha value is -4.12. The average molecular weight is 582 g/mol. The Morgan fingerprint density at radius 3 is 2.52 bits per heavy atom. The Morgan fingerprint density at radius 1 is 1.10 bits per heavy atom. The highest BCUT2D eigenvalue weighted by molar-refractivity contribution is 5.96. The minimum absolute atomic E-state index is 0.149. The van der Waals surface area contributed by atoms with E-state index in [4.69, 9.17) is 0 Å². The third kappa shape index (κ3) is 6.51. The van der Waals surface area contributed by atoms with Crippen LogP contribution >= 0.6 is 0 Å². The first-order chi connectivity index (χ1) is 19.8. The van der Waals surface area contributed by atoms with Crippen LogP contribution in [0.3, 0.4) is 0 Å². The second-order valence-electron chi connectivity index (χ2n) is 11.7. The van der Waals surface area contributed by atoms with Crippen molar-refractivity contribution < 1.29 is 17.6 Å². The fourth-order valence-electron chi connectivity index (χ4n) is 4.93. The summed E-state index contributed by atoms with van der Waals surface area (Å²) in [6.07, 6.45) is 1.36. The molecular weight excluding hydrogens is 546 g/mol. The largest absolute Gasteiger partial charge is 0.406 e. The number of benzene rings is 1. The Morgan fingerprint density at radius 2 is 1.88 bits per heavy atom. The molecule has 0 radical (unpaired) electrons. The van der Waals surface area contributed by atoms with Gasteiger partial charge in [-0.15, -0.1) is 0 Å². The topological polar surface area (TPSA) is 62.9 Å². The molecule has 1 aromatic carbocycles. The number of nitrogens with one attached hydrogen (secondary N) is 2. The molecule has 0 saturated carbocycles. The molecule has 0 amide bonds. The van der Waals surface area contributed by atoms with Crippen molar-refractivity contribution >= 4 is 22.3 Å². The number of alkyl halides is 3. The van der Waals surface area contributed by atoms with Crippen LogP contribution in [-0.4, -0.2) is 50.5 Å². The molecule has 1 aliphatic heterocycles. The normalized spacial score (nSPS) is 15.0. The van der Waals surface area contributed by atoms with Gasteiger partial charge < -0.3 is 15.2 Å². The number of pyridine rings is 1. The Kier molecular flexibility index (Phi) is 7.89. The lowest BCUT2D eigenvalue weighted by Gasteiger charge is -2.24. The Bertz CT molecular complexity index is 1620. The van der Waals surface area contributed by atoms with E-state index in [1.54, 1.807) is 42.7 Å². The number of hydrogen-bond acceptors (Lipinski definition) is 5. The van der Waals surface area contributed by atoms with E-state index < -0.39 is 12.7 Å². The molecule has 5 rings (SSSR count). The number of halogens is 4. The van der Waals surface area contributed by atoms with Gasteiger partial charge in [-0.25, -0.2) is 4.39 Å². The maximum atomic E-state index is 14.6. The number of likely N-dealkylation sites (N-methyl/N-ethyl adjacent to an activating group) is 1. The van der Waals surface area contributed by atoms with Gasteiger partial charge in [-0.3, -0.25) is 14.6 Å². The predicted molar refractivity (Wildman–Crippen MR) is 158 cm³/mol. The van der Waals surface area contributed by atoms with E-state index in [1.165, 1.54) is 4.57 Å². The number of rotatable bonds is 8. The summed E-state index contributed by atoms with van der Waals surface area (Å²) in [6.45, 7) is 10.4. The van der Waals surface area contributed by atoms with Gasteiger partial charge in [-0.1, -0.05) is 18.7 Å². The van der Waals surface area contributed by atoms with Crippen LogP contribution in [0.5, 0.6) is 0 Å². The number of anilines is 1. The molecule has 42 heavy (non-hydrogen) atoms. The summed E-state index contributed by atoms with van der Waals surface area (Å²) < 4.78 is 58.9. The van der Waals surface area contributed by atoms with Crippen LogP contribution in [0.25, 0.3) is 28.0 Å². The molecule has 0 fully saturated rings. The molecule has 0 spiro atoms. The van der Waals surface area contributed by atoms with Crippen molar-refractivity contribution in [2.45, 2.75) is 52.0 Å². The highest BCUT2D eigenvalue weighted by Crippen LogP contribution is 2.35. The minimum Gasteiger partial charge on any atom is -0.381 e. The van der Waals surface area contributed by atoms with E-state index in [9.17, 15) is 17.6 Å². The summed E-state index contributed by atoms with van der Waals surface area (Å²) in [5, 5.41) is 11.4. The Balaban J connectivity index is 1.40. The standard InChI is InChI=1S/C31H35F4N7/c1-20(22-16-38-42(17-22)30(2,3)4)36-14-21-9-10-27(37-15-21)29-13-23-25(39-26-11-12-40(5)18-24(26)32)7-6-8-28(23)41(29)19-31(33,34)35/h6-10,13,15-17,36,39H,1,11-12,14,18-19H2,2-5H3. The predicted octanol–water partition coefficient (Wildman–Crippen LogP) is 6.91. The van der Waals surface area contributed by atoms with Gasteiger partial charge >= 0.3 is 6.18 Å². The van der Waals surface area contributed by atoms with Gasteiger partial charge in [0.1, 0.15) is 12.4 Å². The van der Waals surface area contributed by atoms with Crippen LogP contribution in [0.4, 0.5) is 23.2 Å². The van der Waals surface area contributed by atoms with Crippen LogP contribution in [0.15, 0.2) is 73.1 Å². The van der Waals surface area contributed by atoms with Crippen LogP contribution < -0.4 is 10.6 Å². The molecule has 0 bridgehead atoms. The van der Waals surface area contributed by atoms with E-state index in [-0.39, 0.29) is 17.9 Å². The van der Waals surface area contributed by atoms with Gasteiger partial charge in [0.05, 0.1) is 35.2 Å². The third-order valence-corrected chi connectivity index (χ3v) is 7.26.